The first kappa shape index (κ1) is 28.5. The molecule has 3 aromatic rings. The summed E-state index contributed by atoms with van der Waals surface area (Å²) in [6, 6.07) is 24.3. The van der Waals surface area contributed by atoms with Crippen LogP contribution < -0.4 is 9.47 Å². The molecular formula is C28H35Cl2N3O2. The lowest BCUT2D eigenvalue weighted by Gasteiger charge is -2.36. The number of halogens is 2. The first-order chi connectivity index (χ1) is 16.1. The molecule has 0 bridgehead atoms. The summed E-state index contributed by atoms with van der Waals surface area (Å²) < 4.78 is 12.2. The molecule has 1 saturated heterocycles. The van der Waals surface area contributed by atoms with Crippen LogP contribution in [0.4, 0.5) is 0 Å². The summed E-state index contributed by atoms with van der Waals surface area (Å²) in [5, 5.41) is 8.81. The summed E-state index contributed by atoms with van der Waals surface area (Å²) in [7, 11) is 0. The summed E-state index contributed by atoms with van der Waals surface area (Å²) in [6.07, 6.45) is 0. The lowest BCUT2D eigenvalue weighted by Crippen LogP contribution is -2.49. The molecule has 0 aromatic heterocycles. The van der Waals surface area contributed by atoms with E-state index in [1.807, 2.05) is 42.5 Å². The Labute approximate surface area is 221 Å². The van der Waals surface area contributed by atoms with Gasteiger partial charge in [0.1, 0.15) is 30.5 Å². The highest BCUT2D eigenvalue weighted by atomic mass is 35.5. The van der Waals surface area contributed by atoms with Crippen molar-refractivity contribution in [1.82, 2.24) is 9.80 Å². The molecule has 0 unspecified atom stereocenters. The fraction of sp³-hybridized carbons (Fsp3) is 0.321. The Morgan fingerprint density at radius 3 is 2.09 bits per heavy atom. The maximum Gasteiger partial charge on any atom is 0.131 e. The van der Waals surface area contributed by atoms with E-state index >= 15 is 0 Å². The molecule has 0 spiro atoms. The highest BCUT2D eigenvalue weighted by molar-refractivity contribution is 5.99. The maximum absolute atomic E-state index is 8.81. The quantitative estimate of drug-likeness (QED) is 0.306. The molecule has 1 aliphatic rings. The van der Waals surface area contributed by atoms with Gasteiger partial charge < -0.3 is 14.4 Å². The Balaban J connectivity index is 0.00000216. The molecule has 0 saturated carbocycles. The molecule has 5 nitrogen and oxygen atoms in total. The van der Waals surface area contributed by atoms with Crippen LogP contribution in [0.25, 0.3) is 0 Å². The number of rotatable bonds is 8. The van der Waals surface area contributed by atoms with Gasteiger partial charge in [0.25, 0.3) is 0 Å². The third-order valence-corrected chi connectivity index (χ3v) is 6.13. The Bertz CT molecular complexity index is 1050. The number of hydrogen-bond donors (Lipinski definition) is 1. The zero-order chi connectivity index (χ0) is 23.0. The molecule has 35 heavy (non-hydrogen) atoms. The standard InChI is InChI=1S/C28H33N3O2.2ClH/c1-22-9-8-10-23(2)27(22)32-20-19-30-15-17-31(18-16-30)28(29)25-13-6-7-14-26(25)33-21-24-11-4-3-5-12-24;;/h3-14,29H,15-21H2,1-2H3;2*1H. The first-order valence-corrected chi connectivity index (χ1v) is 11.6. The second kappa shape index (κ2) is 14.0. The van der Waals surface area contributed by atoms with Crippen molar-refractivity contribution >= 4 is 30.6 Å². The smallest absolute Gasteiger partial charge is 0.131 e. The molecule has 1 heterocycles. The average molecular weight is 517 g/mol. The Hall–Kier alpha value is -2.73. The fourth-order valence-electron chi connectivity index (χ4n) is 4.19. The van der Waals surface area contributed by atoms with Gasteiger partial charge in [-0.15, -0.1) is 24.8 Å². The largest absolute Gasteiger partial charge is 0.492 e. The van der Waals surface area contributed by atoms with Crippen LogP contribution in [0.3, 0.4) is 0 Å². The predicted molar refractivity (Wildman–Crippen MR) is 148 cm³/mol. The van der Waals surface area contributed by atoms with Gasteiger partial charge in [0, 0.05) is 32.7 Å². The van der Waals surface area contributed by atoms with Crippen molar-refractivity contribution in [2.75, 3.05) is 39.3 Å². The van der Waals surface area contributed by atoms with E-state index in [9.17, 15) is 0 Å². The highest BCUT2D eigenvalue weighted by Crippen LogP contribution is 2.23. The number of ether oxygens (including phenoxy) is 2. The van der Waals surface area contributed by atoms with Crippen molar-refractivity contribution in [1.29, 1.82) is 5.41 Å². The molecule has 0 amide bonds. The van der Waals surface area contributed by atoms with Gasteiger partial charge in [-0.25, -0.2) is 0 Å². The van der Waals surface area contributed by atoms with E-state index in [1.165, 1.54) is 11.1 Å². The zero-order valence-corrected chi connectivity index (χ0v) is 22.0. The minimum absolute atomic E-state index is 0. The summed E-state index contributed by atoms with van der Waals surface area (Å²) >= 11 is 0. The first-order valence-electron chi connectivity index (χ1n) is 11.6. The maximum atomic E-state index is 8.81. The van der Waals surface area contributed by atoms with Gasteiger partial charge in [0.2, 0.25) is 0 Å². The second-order valence-corrected chi connectivity index (χ2v) is 8.52. The molecule has 4 rings (SSSR count). The monoisotopic (exact) mass is 515 g/mol. The number of amidine groups is 1. The van der Waals surface area contributed by atoms with Crippen molar-refractivity contribution in [3.05, 3.63) is 95.1 Å². The number of aryl methyl sites for hydroxylation is 2. The van der Waals surface area contributed by atoms with E-state index in [2.05, 4.69) is 54.0 Å². The van der Waals surface area contributed by atoms with Crippen LogP contribution in [0.2, 0.25) is 0 Å². The number of nitrogens with one attached hydrogen (secondary N) is 1. The zero-order valence-electron chi connectivity index (χ0n) is 20.4. The van der Waals surface area contributed by atoms with Gasteiger partial charge in [0.15, 0.2) is 0 Å². The Morgan fingerprint density at radius 2 is 1.40 bits per heavy atom. The van der Waals surface area contributed by atoms with Gasteiger partial charge in [-0.05, 0) is 42.7 Å². The lowest BCUT2D eigenvalue weighted by atomic mass is 10.1. The summed E-state index contributed by atoms with van der Waals surface area (Å²) in [4.78, 5) is 4.56. The van der Waals surface area contributed by atoms with Crippen molar-refractivity contribution < 1.29 is 9.47 Å². The van der Waals surface area contributed by atoms with Crippen LogP contribution in [-0.2, 0) is 6.61 Å². The predicted octanol–water partition coefficient (Wildman–Crippen LogP) is 5.75. The van der Waals surface area contributed by atoms with Gasteiger partial charge in [0.05, 0.1) is 5.56 Å². The Kier molecular flexibility index (Phi) is 11.4. The molecule has 0 radical (unpaired) electrons. The van der Waals surface area contributed by atoms with Gasteiger partial charge in [-0.1, -0.05) is 60.7 Å². The van der Waals surface area contributed by atoms with E-state index < -0.39 is 0 Å². The van der Waals surface area contributed by atoms with E-state index in [0.29, 0.717) is 19.0 Å². The van der Waals surface area contributed by atoms with Crippen LogP contribution in [0, 0.1) is 19.3 Å². The van der Waals surface area contributed by atoms with Gasteiger partial charge >= 0.3 is 0 Å². The molecular weight excluding hydrogens is 481 g/mol. The van der Waals surface area contributed by atoms with Crippen LogP contribution in [-0.4, -0.2) is 55.0 Å². The number of para-hydroxylation sites is 2. The molecule has 0 atom stereocenters. The van der Waals surface area contributed by atoms with Crippen LogP contribution in [0.5, 0.6) is 11.5 Å². The minimum Gasteiger partial charge on any atom is -0.492 e. The summed E-state index contributed by atoms with van der Waals surface area (Å²) in [5.41, 5.74) is 4.33. The molecule has 0 aliphatic carbocycles. The van der Waals surface area contributed by atoms with E-state index in [4.69, 9.17) is 14.9 Å². The number of hydrogen-bond acceptors (Lipinski definition) is 4. The topological polar surface area (TPSA) is 48.8 Å². The Morgan fingerprint density at radius 1 is 0.771 bits per heavy atom. The van der Waals surface area contributed by atoms with Crippen molar-refractivity contribution in [2.45, 2.75) is 20.5 Å². The number of nitrogens with zero attached hydrogens (tertiary/aromatic N) is 2. The summed E-state index contributed by atoms with van der Waals surface area (Å²) in [5.74, 6) is 2.30. The number of benzene rings is 3. The molecule has 1 N–H and O–H groups in total. The van der Waals surface area contributed by atoms with Crippen LogP contribution >= 0.6 is 24.8 Å². The van der Waals surface area contributed by atoms with Crippen LogP contribution in [0.1, 0.15) is 22.3 Å². The molecule has 3 aromatic carbocycles. The average Bonchev–Trinajstić information content (AvgIpc) is 2.85. The highest BCUT2D eigenvalue weighted by Gasteiger charge is 2.22. The lowest BCUT2D eigenvalue weighted by molar-refractivity contribution is 0.153. The van der Waals surface area contributed by atoms with Crippen molar-refractivity contribution in [2.24, 2.45) is 0 Å². The molecule has 188 valence electrons. The van der Waals surface area contributed by atoms with E-state index in [0.717, 1.165) is 55.3 Å². The third kappa shape index (κ3) is 7.63. The third-order valence-electron chi connectivity index (χ3n) is 6.13. The van der Waals surface area contributed by atoms with E-state index in [-0.39, 0.29) is 24.8 Å². The summed E-state index contributed by atoms with van der Waals surface area (Å²) in [6.45, 7) is 9.76. The number of piperazine rings is 1. The molecule has 1 fully saturated rings. The molecule has 7 heteroatoms. The van der Waals surface area contributed by atoms with Gasteiger partial charge in [-0.2, -0.15) is 0 Å². The van der Waals surface area contributed by atoms with E-state index in [1.54, 1.807) is 0 Å². The van der Waals surface area contributed by atoms with Crippen molar-refractivity contribution in [3.63, 3.8) is 0 Å². The second-order valence-electron chi connectivity index (χ2n) is 8.52. The van der Waals surface area contributed by atoms with Crippen molar-refractivity contribution in [3.8, 4) is 11.5 Å². The van der Waals surface area contributed by atoms with Gasteiger partial charge in [-0.3, -0.25) is 10.3 Å². The normalized spacial score (nSPS) is 13.4. The molecule has 1 aliphatic heterocycles. The fourth-order valence-corrected chi connectivity index (χ4v) is 4.19. The SMILES string of the molecule is Cc1cccc(C)c1OCCN1CCN(C(=N)c2ccccc2OCc2ccccc2)CC1.Cl.Cl. The van der Waals surface area contributed by atoms with Crippen LogP contribution in [0.15, 0.2) is 72.8 Å². The minimum atomic E-state index is 0.